The molecule has 0 amide bonds. The van der Waals surface area contributed by atoms with Crippen molar-refractivity contribution in [1.29, 1.82) is 0 Å². The van der Waals surface area contributed by atoms with Crippen molar-refractivity contribution < 1.29 is 0 Å². The van der Waals surface area contributed by atoms with Gasteiger partial charge < -0.3 is 0 Å². The zero-order valence-corrected chi connectivity index (χ0v) is 7.62. The number of halogens is 1. The fraction of sp³-hybridized carbons (Fsp3) is 0. The molecule has 0 saturated heterocycles. The van der Waals surface area contributed by atoms with Gasteiger partial charge in [0.05, 0.1) is 0 Å². The van der Waals surface area contributed by atoms with Crippen LogP contribution < -0.4 is 0 Å². The summed E-state index contributed by atoms with van der Waals surface area (Å²) in [4.78, 5) is 4.00. The van der Waals surface area contributed by atoms with Crippen LogP contribution in [-0.4, -0.2) is 4.98 Å². The number of nitrogens with zero attached hydrogens (tertiary/aromatic N) is 1. The summed E-state index contributed by atoms with van der Waals surface area (Å²) in [5, 5.41) is 0.518. The Hall–Kier alpha value is -1.34. The normalized spacial score (nSPS) is 9.92. The lowest BCUT2D eigenvalue weighted by molar-refractivity contribution is 1.33. The van der Waals surface area contributed by atoms with Crippen molar-refractivity contribution in [3.05, 3.63) is 53.8 Å². The van der Waals surface area contributed by atoms with Crippen molar-refractivity contribution in [3.8, 4) is 11.1 Å². The van der Waals surface area contributed by atoms with Gasteiger partial charge in [0, 0.05) is 11.8 Å². The van der Waals surface area contributed by atoms with Crippen LogP contribution in [0.3, 0.4) is 0 Å². The largest absolute Gasteiger partial charge is 0.244 e. The molecule has 2 heteroatoms. The molecule has 0 saturated carbocycles. The lowest BCUT2D eigenvalue weighted by atomic mass is 10.1. The van der Waals surface area contributed by atoms with Crippen LogP contribution in [0.1, 0.15) is 0 Å². The van der Waals surface area contributed by atoms with Gasteiger partial charge in [-0.15, -0.1) is 0 Å². The van der Waals surface area contributed by atoms with E-state index in [1.807, 2.05) is 36.4 Å². The first kappa shape index (κ1) is 8.27. The average Bonchev–Trinajstić information content (AvgIpc) is 2.20. The molecule has 1 aromatic carbocycles. The summed E-state index contributed by atoms with van der Waals surface area (Å²) in [5.41, 5.74) is 1.89. The molecular formula is C11H7ClN. The number of aromatic nitrogens is 1. The first-order chi connectivity index (χ1) is 6.38. The summed E-state index contributed by atoms with van der Waals surface area (Å²) in [6.45, 7) is 0. The quantitative estimate of drug-likeness (QED) is 0.627. The number of hydrogen-bond acceptors (Lipinski definition) is 1. The van der Waals surface area contributed by atoms with E-state index in [1.165, 1.54) is 0 Å². The highest BCUT2D eigenvalue weighted by atomic mass is 35.5. The maximum absolute atomic E-state index is 5.93. The van der Waals surface area contributed by atoms with Gasteiger partial charge in [-0.25, -0.2) is 4.98 Å². The summed E-state index contributed by atoms with van der Waals surface area (Å²) < 4.78 is 0. The molecule has 1 radical (unpaired) electrons. The summed E-state index contributed by atoms with van der Waals surface area (Å²) >= 11 is 5.93. The fourth-order valence-corrected chi connectivity index (χ4v) is 1.37. The van der Waals surface area contributed by atoms with Crippen LogP contribution in [0.4, 0.5) is 0 Å². The van der Waals surface area contributed by atoms with Gasteiger partial charge in [0.15, 0.2) is 0 Å². The first-order valence-corrected chi connectivity index (χ1v) is 4.33. The van der Waals surface area contributed by atoms with E-state index in [4.69, 9.17) is 11.6 Å². The molecule has 0 unspecified atom stereocenters. The number of rotatable bonds is 1. The Morgan fingerprint density at radius 3 is 2.77 bits per heavy atom. The minimum Gasteiger partial charge on any atom is -0.244 e. The SMILES string of the molecule is Clc1ncccc1-c1[c]cccc1. The summed E-state index contributed by atoms with van der Waals surface area (Å²) in [5.74, 6) is 0. The summed E-state index contributed by atoms with van der Waals surface area (Å²) in [7, 11) is 0. The third-order valence-electron chi connectivity index (χ3n) is 1.76. The van der Waals surface area contributed by atoms with Gasteiger partial charge in [-0.3, -0.25) is 0 Å². The third kappa shape index (κ3) is 1.70. The smallest absolute Gasteiger partial charge is 0.136 e. The van der Waals surface area contributed by atoms with E-state index in [-0.39, 0.29) is 0 Å². The second-order valence-corrected chi connectivity index (χ2v) is 2.98. The molecule has 1 aromatic heterocycles. The van der Waals surface area contributed by atoms with Gasteiger partial charge in [0.1, 0.15) is 5.15 Å². The molecule has 0 fully saturated rings. The van der Waals surface area contributed by atoms with E-state index in [1.54, 1.807) is 6.20 Å². The Balaban J connectivity index is 2.54. The average molecular weight is 189 g/mol. The predicted octanol–water partition coefficient (Wildman–Crippen LogP) is 3.20. The van der Waals surface area contributed by atoms with E-state index >= 15 is 0 Å². The molecule has 0 bridgehead atoms. The minimum atomic E-state index is 0.518. The summed E-state index contributed by atoms with van der Waals surface area (Å²) in [6, 6.07) is 14.6. The van der Waals surface area contributed by atoms with Gasteiger partial charge in [0.2, 0.25) is 0 Å². The van der Waals surface area contributed by atoms with E-state index < -0.39 is 0 Å². The zero-order valence-electron chi connectivity index (χ0n) is 6.87. The highest BCUT2D eigenvalue weighted by Crippen LogP contribution is 2.24. The fourth-order valence-electron chi connectivity index (χ4n) is 1.15. The first-order valence-electron chi connectivity index (χ1n) is 3.95. The molecule has 13 heavy (non-hydrogen) atoms. The number of pyridine rings is 1. The molecule has 0 aliphatic heterocycles. The van der Waals surface area contributed by atoms with Crippen LogP contribution in [0.25, 0.3) is 11.1 Å². The molecule has 0 atom stereocenters. The Morgan fingerprint density at radius 2 is 2.08 bits per heavy atom. The topological polar surface area (TPSA) is 12.9 Å². The molecule has 1 nitrogen and oxygen atoms in total. The van der Waals surface area contributed by atoms with Crippen molar-refractivity contribution in [2.45, 2.75) is 0 Å². The molecule has 2 rings (SSSR count). The van der Waals surface area contributed by atoms with Gasteiger partial charge in [-0.05, 0) is 23.8 Å². The lowest BCUT2D eigenvalue weighted by Gasteiger charge is -2.01. The van der Waals surface area contributed by atoms with Gasteiger partial charge in [-0.2, -0.15) is 0 Å². The van der Waals surface area contributed by atoms with Crippen LogP contribution in [0.2, 0.25) is 5.15 Å². The van der Waals surface area contributed by atoms with Crippen LogP contribution in [-0.2, 0) is 0 Å². The second-order valence-electron chi connectivity index (χ2n) is 2.62. The predicted molar refractivity (Wildman–Crippen MR) is 53.5 cm³/mol. The standard InChI is InChI=1S/C11H7ClN/c12-11-10(7-4-8-13-11)9-5-2-1-3-6-9/h1-5,7-8H. The maximum atomic E-state index is 5.93. The van der Waals surface area contributed by atoms with Crippen molar-refractivity contribution in [2.24, 2.45) is 0 Å². The van der Waals surface area contributed by atoms with E-state index in [0.717, 1.165) is 11.1 Å². The second kappa shape index (κ2) is 3.58. The number of benzene rings is 1. The van der Waals surface area contributed by atoms with Crippen LogP contribution in [0.5, 0.6) is 0 Å². The highest BCUT2D eigenvalue weighted by Gasteiger charge is 2.01. The Bertz CT molecular complexity index is 398. The third-order valence-corrected chi connectivity index (χ3v) is 2.06. The van der Waals surface area contributed by atoms with Crippen molar-refractivity contribution in [3.63, 3.8) is 0 Å². The van der Waals surface area contributed by atoms with E-state index in [0.29, 0.717) is 5.15 Å². The maximum Gasteiger partial charge on any atom is 0.136 e. The van der Waals surface area contributed by atoms with E-state index in [9.17, 15) is 0 Å². The zero-order chi connectivity index (χ0) is 9.10. The van der Waals surface area contributed by atoms with Crippen molar-refractivity contribution in [2.75, 3.05) is 0 Å². The molecule has 0 N–H and O–H groups in total. The van der Waals surface area contributed by atoms with Crippen molar-refractivity contribution >= 4 is 11.6 Å². The Kier molecular flexibility index (Phi) is 2.28. The van der Waals surface area contributed by atoms with Gasteiger partial charge in [-0.1, -0.05) is 35.9 Å². The monoisotopic (exact) mass is 188 g/mol. The Morgan fingerprint density at radius 1 is 1.15 bits per heavy atom. The molecule has 1 heterocycles. The molecular weight excluding hydrogens is 182 g/mol. The van der Waals surface area contributed by atoms with Crippen LogP contribution in [0, 0.1) is 6.07 Å². The molecule has 0 aliphatic carbocycles. The van der Waals surface area contributed by atoms with Crippen molar-refractivity contribution in [1.82, 2.24) is 4.98 Å². The van der Waals surface area contributed by atoms with E-state index in [2.05, 4.69) is 11.1 Å². The number of hydrogen-bond donors (Lipinski definition) is 0. The van der Waals surface area contributed by atoms with Crippen LogP contribution >= 0.6 is 11.6 Å². The minimum absolute atomic E-state index is 0.518. The lowest BCUT2D eigenvalue weighted by Crippen LogP contribution is -1.81. The molecule has 2 aromatic rings. The van der Waals surface area contributed by atoms with Gasteiger partial charge in [0.25, 0.3) is 0 Å². The molecule has 0 spiro atoms. The van der Waals surface area contributed by atoms with Gasteiger partial charge >= 0.3 is 0 Å². The summed E-state index contributed by atoms with van der Waals surface area (Å²) in [6.07, 6.45) is 1.68. The molecule has 0 aliphatic rings. The Labute approximate surface area is 82.0 Å². The molecule has 63 valence electrons. The highest BCUT2D eigenvalue weighted by molar-refractivity contribution is 6.32. The van der Waals surface area contributed by atoms with Crippen LogP contribution in [0.15, 0.2) is 42.6 Å².